The van der Waals surface area contributed by atoms with Crippen LogP contribution in [-0.2, 0) is 9.59 Å². The maximum atomic E-state index is 12.5. The van der Waals surface area contributed by atoms with Gasteiger partial charge >= 0.3 is 5.97 Å². The summed E-state index contributed by atoms with van der Waals surface area (Å²) in [5, 5.41) is 14.1. The first-order chi connectivity index (χ1) is 12.0. The van der Waals surface area contributed by atoms with Crippen LogP contribution in [0.5, 0.6) is 0 Å². The van der Waals surface area contributed by atoms with Gasteiger partial charge in [0.15, 0.2) is 0 Å². The first-order valence-corrected chi connectivity index (χ1v) is 8.04. The van der Waals surface area contributed by atoms with E-state index < -0.39 is 24.0 Å². The molecule has 0 fully saturated rings. The molecule has 1 aromatic carbocycles. The Labute approximate surface area is 145 Å². The van der Waals surface area contributed by atoms with Crippen molar-refractivity contribution in [3.05, 3.63) is 48.2 Å². The van der Waals surface area contributed by atoms with Crippen LogP contribution < -0.4 is 10.6 Å². The molecule has 3 atom stereocenters. The highest BCUT2D eigenvalue weighted by molar-refractivity contribution is 5.98. The zero-order valence-corrected chi connectivity index (χ0v) is 13.9. The summed E-state index contributed by atoms with van der Waals surface area (Å²) in [7, 11) is 0. The Balaban J connectivity index is 2.09. The summed E-state index contributed by atoms with van der Waals surface area (Å²) in [5.41, 5.74) is 0.437. The Morgan fingerprint density at radius 1 is 1.24 bits per heavy atom. The predicted molar refractivity (Wildman–Crippen MR) is 93.3 cm³/mol. The Bertz CT molecular complexity index is 685. The first-order valence-electron chi connectivity index (χ1n) is 8.04. The van der Waals surface area contributed by atoms with Gasteiger partial charge in [-0.2, -0.15) is 0 Å². The van der Waals surface area contributed by atoms with Crippen LogP contribution in [0.1, 0.15) is 30.1 Å². The van der Waals surface area contributed by atoms with E-state index in [2.05, 4.69) is 15.6 Å². The number of rotatable bonds is 7. The van der Waals surface area contributed by atoms with Crippen molar-refractivity contribution in [2.75, 3.05) is 0 Å². The summed E-state index contributed by atoms with van der Waals surface area (Å²) >= 11 is 0. The predicted octanol–water partition coefficient (Wildman–Crippen LogP) is 1.37. The van der Waals surface area contributed by atoms with Gasteiger partial charge in [-0.25, -0.2) is 0 Å². The minimum Gasteiger partial charge on any atom is -0.480 e. The van der Waals surface area contributed by atoms with Crippen LogP contribution in [0, 0.1) is 5.92 Å². The second-order valence-electron chi connectivity index (χ2n) is 5.87. The van der Waals surface area contributed by atoms with Crippen molar-refractivity contribution in [1.82, 2.24) is 10.6 Å². The molecule has 1 aliphatic heterocycles. The molecule has 1 aliphatic rings. The molecule has 1 unspecified atom stereocenters. The van der Waals surface area contributed by atoms with Crippen LogP contribution in [0.25, 0.3) is 0 Å². The van der Waals surface area contributed by atoms with Gasteiger partial charge in [-0.1, -0.05) is 24.3 Å². The molecule has 0 saturated carbocycles. The zero-order valence-electron chi connectivity index (χ0n) is 13.9. The summed E-state index contributed by atoms with van der Waals surface area (Å²) in [6.07, 6.45) is 6.30. The van der Waals surface area contributed by atoms with E-state index in [1.165, 1.54) is 6.92 Å². The summed E-state index contributed by atoms with van der Waals surface area (Å²) in [4.78, 5) is 39.8. The number of carbonyl (C=O) groups excluding carboxylic acids is 2. The van der Waals surface area contributed by atoms with Gasteiger partial charge in [0.1, 0.15) is 12.1 Å². The molecule has 0 aliphatic carbocycles. The molecule has 7 nitrogen and oxygen atoms in total. The number of carbonyl (C=O) groups is 3. The molecule has 3 N–H and O–H groups in total. The Kier molecular flexibility index (Phi) is 6.45. The molecule has 25 heavy (non-hydrogen) atoms. The SMILES string of the molecule is C[C@H](NC(=O)[C@@H](CC1C=CN=CC1)NC(=O)c1ccccc1)C(=O)O. The van der Waals surface area contributed by atoms with E-state index in [-0.39, 0.29) is 11.8 Å². The van der Waals surface area contributed by atoms with Crippen LogP contribution in [0.3, 0.4) is 0 Å². The Morgan fingerprint density at radius 3 is 2.56 bits per heavy atom. The average Bonchev–Trinajstić information content (AvgIpc) is 2.62. The average molecular weight is 343 g/mol. The van der Waals surface area contributed by atoms with Crippen LogP contribution in [0.2, 0.25) is 0 Å². The van der Waals surface area contributed by atoms with E-state index in [0.29, 0.717) is 18.4 Å². The number of carboxylic acids is 1. The lowest BCUT2D eigenvalue weighted by atomic mass is 9.95. The molecular formula is C18H21N3O4. The highest BCUT2D eigenvalue weighted by Crippen LogP contribution is 2.16. The normalized spacial score (nSPS) is 18.2. The zero-order chi connectivity index (χ0) is 18.2. The summed E-state index contributed by atoms with van der Waals surface area (Å²) in [6.45, 7) is 1.38. The van der Waals surface area contributed by atoms with Crippen molar-refractivity contribution in [2.24, 2.45) is 10.9 Å². The molecule has 132 valence electrons. The molecule has 7 heteroatoms. The number of nitrogens with one attached hydrogen (secondary N) is 2. The van der Waals surface area contributed by atoms with E-state index in [4.69, 9.17) is 5.11 Å². The lowest BCUT2D eigenvalue weighted by Crippen LogP contribution is -2.51. The Morgan fingerprint density at radius 2 is 1.96 bits per heavy atom. The van der Waals surface area contributed by atoms with Crippen molar-refractivity contribution in [3.8, 4) is 0 Å². The first kappa shape index (κ1) is 18.4. The fourth-order valence-corrected chi connectivity index (χ4v) is 2.42. The van der Waals surface area contributed by atoms with Gasteiger partial charge in [0, 0.05) is 18.0 Å². The second kappa shape index (κ2) is 8.77. The maximum absolute atomic E-state index is 12.5. The highest BCUT2D eigenvalue weighted by atomic mass is 16.4. The highest BCUT2D eigenvalue weighted by Gasteiger charge is 2.27. The quantitative estimate of drug-likeness (QED) is 0.695. The number of benzene rings is 1. The molecule has 2 amide bonds. The molecule has 0 radical (unpaired) electrons. The number of aliphatic imine (C=N–C) groups is 1. The third kappa shape index (κ3) is 5.56. The topological polar surface area (TPSA) is 108 Å². The third-order valence-corrected chi connectivity index (χ3v) is 3.88. The van der Waals surface area contributed by atoms with E-state index in [9.17, 15) is 14.4 Å². The van der Waals surface area contributed by atoms with Crippen LogP contribution in [0.4, 0.5) is 0 Å². The Hall–Kier alpha value is -2.96. The molecule has 2 rings (SSSR count). The molecule has 0 aromatic heterocycles. The van der Waals surface area contributed by atoms with E-state index in [1.54, 1.807) is 42.7 Å². The molecule has 1 aromatic rings. The van der Waals surface area contributed by atoms with Gasteiger partial charge in [-0.3, -0.25) is 19.4 Å². The molecule has 0 spiro atoms. The fraction of sp³-hybridized carbons (Fsp3) is 0.333. The van der Waals surface area contributed by atoms with Crippen molar-refractivity contribution in [3.63, 3.8) is 0 Å². The summed E-state index contributed by atoms with van der Waals surface area (Å²) in [5.74, 6) is -1.98. The standard InChI is InChI=1S/C18H21N3O4/c1-12(18(24)25)20-17(23)15(11-13-7-9-19-10-8-13)21-16(22)14-5-3-2-4-6-14/h2-7,9-10,12-13,15H,8,11H2,1H3,(H,20,23)(H,21,22)(H,24,25)/t12-,13?,15+/m0/s1. The van der Waals surface area contributed by atoms with E-state index in [1.807, 2.05) is 6.08 Å². The lowest BCUT2D eigenvalue weighted by Gasteiger charge is -2.23. The largest absolute Gasteiger partial charge is 0.480 e. The van der Waals surface area contributed by atoms with Gasteiger partial charge in [0.25, 0.3) is 5.91 Å². The van der Waals surface area contributed by atoms with Crippen molar-refractivity contribution in [1.29, 1.82) is 0 Å². The van der Waals surface area contributed by atoms with Gasteiger partial charge in [0.2, 0.25) is 5.91 Å². The second-order valence-corrected chi connectivity index (χ2v) is 5.87. The number of amides is 2. The summed E-state index contributed by atoms with van der Waals surface area (Å²) in [6, 6.07) is 6.69. The van der Waals surface area contributed by atoms with Gasteiger partial charge in [-0.15, -0.1) is 0 Å². The smallest absolute Gasteiger partial charge is 0.325 e. The van der Waals surface area contributed by atoms with Gasteiger partial charge in [-0.05, 0) is 37.8 Å². The fourth-order valence-electron chi connectivity index (χ4n) is 2.42. The van der Waals surface area contributed by atoms with Crippen LogP contribution >= 0.6 is 0 Å². The maximum Gasteiger partial charge on any atom is 0.325 e. The van der Waals surface area contributed by atoms with E-state index >= 15 is 0 Å². The molecule has 1 heterocycles. The number of hydrogen-bond donors (Lipinski definition) is 3. The number of carboxylic acid groups (broad SMARTS) is 1. The van der Waals surface area contributed by atoms with Gasteiger partial charge < -0.3 is 15.7 Å². The van der Waals surface area contributed by atoms with Crippen molar-refractivity contribution in [2.45, 2.75) is 31.8 Å². The van der Waals surface area contributed by atoms with Crippen molar-refractivity contribution >= 4 is 24.0 Å². The monoisotopic (exact) mass is 343 g/mol. The number of aliphatic carboxylic acids is 1. The lowest BCUT2D eigenvalue weighted by molar-refractivity contribution is -0.141. The third-order valence-electron chi connectivity index (χ3n) is 3.88. The van der Waals surface area contributed by atoms with Crippen molar-refractivity contribution < 1.29 is 19.5 Å². The molecule has 0 bridgehead atoms. The minimum atomic E-state index is -1.13. The number of nitrogens with zero attached hydrogens (tertiary/aromatic N) is 1. The van der Waals surface area contributed by atoms with Crippen LogP contribution in [0.15, 0.2) is 47.6 Å². The van der Waals surface area contributed by atoms with Crippen LogP contribution in [-0.4, -0.2) is 41.2 Å². The number of hydrogen-bond acceptors (Lipinski definition) is 4. The molecule has 0 saturated heterocycles. The summed E-state index contributed by atoms with van der Waals surface area (Å²) < 4.78 is 0. The van der Waals surface area contributed by atoms with E-state index in [0.717, 1.165) is 0 Å². The number of allylic oxidation sites excluding steroid dienone is 1. The minimum absolute atomic E-state index is 0.0458. The van der Waals surface area contributed by atoms with Gasteiger partial charge in [0.05, 0.1) is 0 Å². The molecular weight excluding hydrogens is 322 g/mol.